The molecule has 1 atom stereocenters. The average Bonchev–Trinajstić information content (AvgIpc) is 2.33. The Morgan fingerprint density at radius 3 is 2.58 bits per heavy atom. The summed E-state index contributed by atoms with van der Waals surface area (Å²) in [5.74, 6) is -0.271. The van der Waals surface area contributed by atoms with Crippen LogP contribution in [0, 0.1) is 5.82 Å². The molecule has 0 heterocycles. The Kier molecular flexibility index (Phi) is 4.29. The first kappa shape index (κ1) is 14.5. The van der Waals surface area contributed by atoms with E-state index in [0.29, 0.717) is 11.4 Å². The number of benzene rings is 2. The fourth-order valence-electron chi connectivity index (χ4n) is 2.08. The van der Waals surface area contributed by atoms with Gasteiger partial charge in [-0.05, 0) is 42.7 Å². The minimum absolute atomic E-state index is 0.271. The van der Waals surface area contributed by atoms with Gasteiger partial charge in [0.05, 0.1) is 0 Å². The molecule has 2 aromatic rings. The normalized spacial score (nSPS) is 14.2. The molecule has 0 aliphatic carbocycles. The highest BCUT2D eigenvalue weighted by molar-refractivity contribution is 9.10. The molecule has 0 amide bonds. The number of rotatable bonds is 3. The van der Waals surface area contributed by atoms with Crippen LogP contribution in [0.1, 0.15) is 18.1 Å². The van der Waals surface area contributed by atoms with Gasteiger partial charge in [0, 0.05) is 15.0 Å². The summed E-state index contributed by atoms with van der Waals surface area (Å²) in [4.78, 5) is 0. The Balaban J connectivity index is 2.33. The van der Waals surface area contributed by atoms with Crippen LogP contribution in [0.3, 0.4) is 0 Å². The van der Waals surface area contributed by atoms with E-state index < -0.39 is 5.54 Å². The third kappa shape index (κ3) is 3.35. The summed E-state index contributed by atoms with van der Waals surface area (Å²) in [5.41, 5.74) is 7.60. The van der Waals surface area contributed by atoms with Gasteiger partial charge < -0.3 is 5.73 Å². The van der Waals surface area contributed by atoms with Crippen LogP contribution in [0.15, 0.2) is 46.9 Å². The Labute approximate surface area is 125 Å². The fraction of sp³-hybridized carbons (Fsp3) is 0.200. The van der Waals surface area contributed by atoms with E-state index in [1.807, 2.05) is 31.2 Å². The van der Waals surface area contributed by atoms with Gasteiger partial charge >= 0.3 is 0 Å². The van der Waals surface area contributed by atoms with Crippen molar-refractivity contribution in [1.29, 1.82) is 0 Å². The standard InChI is InChI=1S/C15H14BrClFN/c1-15(19,12-4-2-3-5-14(12)17)9-10-6-7-11(18)8-13(10)16/h2-8H,9,19H2,1H3. The molecule has 0 saturated heterocycles. The molecule has 0 saturated carbocycles. The van der Waals surface area contributed by atoms with Gasteiger partial charge in [-0.3, -0.25) is 0 Å². The zero-order chi connectivity index (χ0) is 14.0. The maximum atomic E-state index is 13.1. The molecule has 1 nitrogen and oxygen atoms in total. The van der Waals surface area contributed by atoms with Crippen LogP contribution < -0.4 is 5.73 Å². The predicted molar refractivity (Wildman–Crippen MR) is 80.8 cm³/mol. The molecule has 19 heavy (non-hydrogen) atoms. The summed E-state index contributed by atoms with van der Waals surface area (Å²) in [6, 6.07) is 12.1. The van der Waals surface area contributed by atoms with Crippen LogP contribution in [0.5, 0.6) is 0 Å². The van der Waals surface area contributed by atoms with E-state index in [1.54, 1.807) is 6.07 Å². The first-order valence-electron chi connectivity index (χ1n) is 5.88. The van der Waals surface area contributed by atoms with E-state index in [2.05, 4.69) is 15.9 Å². The lowest BCUT2D eigenvalue weighted by atomic mass is 9.86. The van der Waals surface area contributed by atoms with Crippen molar-refractivity contribution < 1.29 is 4.39 Å². The van der Waals surface area contributed by atoms with Crippen LogP contribution in [0.2, 0.25) is 5.02 Å². The maximum absolute atomic E-state index is 13.1. The SMILES string of the molecule is CC(N)(Cc1ccc(F)cc1Br)c1ccccc1Cl. The maximum Gasteiger partial charge on any atom is 0.124 e. The van der Waals surface area contributed by atoms with Crippen LogP contribution in [-0.4, -0.2) is 0 Å². The Morgan fingerprint density at radius 1 is 1.26 bits per heavy atom. The van der Waals surface area contributed by atoms with E-state index in [4.69, 9.17) is 17.3 Å². The van der Waals surface area contributed by atoms with Crippen molar-refractivity contribution in [3.05, 3.63) is 68.9 Å². The molecule has 0 aromatic heterocycles. The Morgan fingerprint density at radius 2 is 1.95 bits per heavy atom. The zero-order valence-electron chi connectivity index (χ0n) is 10.5. The molecule has 0 spiro atoms. The highest BCUT2D eigenvalue weighted by atomic mass is 79.9. The smallest absolute Gasteiger partial charge is 0.124 e. The van der Waals surface area contributed by atoms with Crippen LogP contribution in [0.25, 0.3) is 0 Å². The van der Waals surface area contributed by atoms with E-state index in [9.17, 15) is 4.39 Å². The lowest BCUT2D eigenvalue weighted by Gasteiger charge is -2.27. The summed E-state index contributed by atoms with van der Waals surface area (Å²) in [6.07, 6.45) is 0.567. The van der Waals surface area contributed by atoms with Crippen molar-refractivity contribution in [3.63, 3.8) is 0 Å². The van der Waals surface area contributed by atoms with E-state index in [1.165, 1.54) is 12.1 Å². The molecule has 0 radical (unpaired) electrons. The molecule has 0 fully saturated rings. The second-order valence-corrected chi connectivity index (χ2v) is 6.07. The first-order chi connectivity index (χ1) is 8.90. The monoisotopic (exact) mass is 341 g/mol. The minimum Gasteiger partial charge on any atom is -0.321 e. The minimum atomic E-state index is -0.612. The largest absolute Gasteiger partial charge is 0.321 e. The van der Waals surface area contributed by atoms with Crippen molar-refractivity contribution in [2.24, 2.45) is 5.73 Å². The molecular formula is C15H14BrClFN. The van der Waals surface area contributed by atoms with Gasteiger partial charge in [-0.25, -0.2) is 4.39 Å². The number of nitrogens with two attached hydrogens (primary N) is 1. The van der Waals surface area contributed by atoms with Gasteiger partial charge in [-0.2, -0.15) is 0 Å². The summed E-state index contributed by atoms with van der Waals surface area (Å²) in [5, 5.41) is 0.644. The molecule has 1 unspecified atom stereocenters. The van der Waals surface area contributed by atoms with E-state index in [-0.39, 0.29) is 5.82 Å². The van der Waals surface area contributed by atoms with E-state index in [0.717, 1.165) is 15.6 Å². The Hall–Kier alpha value is -0.900. The highest BCUT2D eigenvalue weighted by Gasteiger charge is 2.25. The van der Waals surface area contributed by atoms with Gasteiger partial charge in [0.2, 0.25) is 0 Å². The molecule has 2 N–H and O–H groups in total. The quantitative estimate of drug-likeness (QED) is 0.862. The van der Waals surface area contributed by atoms with Gasteiger partial charge in [0.1, 0.15) is 5.82 Å². The van der Waals surface area contributed by atoms with Gasteiger partial charge in [0.25, 0.3) is 0 Å². The lowest BCUT2D eigenvalue weighted by molar-refractivity contribution is 0.490. The summed E-state index contributed by atoms with van der Waals surface area (Å²) >= 11 is 9.55. The molecule has 0 bridgehead atoms. The molecular weight excluding hydrogens is 329 g/mol. The summed E-state index contributed by atoms with van der Waals surface area (Å²) < 4.78 is 13.8. The van der Waals surface area contributed by atoms with Crippen molar-refractivity contribution in [2.45, 2.75) is 18.9 Å². The molecule has 2 aromatic carbocycles. The van der Waals surface area contributed by atoms with Crippen molar-refractivity contribution in [1.82, 2.24) is 0 Å². The van der Waals surface area contributed by atoms with Crippen LogP contribution >= 0.6 is 27.5 Å². The molecule has 0 aliphatic heterocycles. The summed E-state index contributed by atoms with van der Waals surface area (Å²) in [7, 11) is 0. The zero-order valence-corrected chi connectivity index (χ0v) is 12.8. The van der Waals surface area contributed by atoms with Gasteiger partial charge in [-0.15, -0.1) is 0 Å². The van der Waals surface area contributed by atoms with Crippen LogP contribution in [0.4, 0.5) is 4.39 Å². The third-order valence-electron chi connectivity index (χ3n) is 3.06. The first-order valence-corrected chi connectivity index (χ1v) is 7.05. The van der Waals surface area contributed by atoms with Gasteiger partial charge in [-0.1, -0.05) is 51.8 Å². The Bertz CT molecular complexity index is 598. The second kappa shape index (κ2) is 5.61. The number of hydrogen-bond acceptors (Lipinski definition) is 1. The number of hydrogen-bond donors (Lipinski definition) is 1. The van der Waals surface area contributed by atoms with Gasteiger partial charge in [0.15, 0.2) is 0 Å². The fourth-order valence-corrected chi connectivity index (χ4v) is 2.92. The molecule has 4 heteroatoms. The number of halogens is 3. The molecule has 2 rings (SSSR count). The molecule has 100 valence electrons. The topological polar surface area (TPSA) is 26.0 Å². The van der Waals surface area contributed by atoms with E-state index >= 15 is 0 Å². The van der Waals surface area contributed by atoms with Crippen molar-refractivity contribution in [2.75, 3.05) is 0 Å². The predicted octanol–water partition coefficient (Wildman–Crippen LogP) is 4.66. The van der Waals surface area contributed by atoms with Crippen LogP contribution in [-0.2, 0) is 12.0 Å². The van der Waals surface area contributed by atoms with Crippen molar-refractivity contribution >= 4 is 27.5 Å². The summed E-state index contributed by atoms with van der Waals surface area (Å²) in [6.45, 7) is 1.92. The second-order valence-electron chi connectivity index (χ2n) is 4.81. The third-order valence-corrected chi connectivity index (χ3v) is 4.13. The lowest BCUT2D eigenvalue weighted by Crippen LogP contribution is -2.35. The van der Waals surface area contributed by atoms with Crippen molar-refractivity contribution in [3.8, 4) is 0 Å². The average molecular weight is 343 g/mol. The highest BCUT2D eigenvalue weighted by Crippen LogP contribution is 2.31. The molecule has 0 aliphatic rings.